The maximum atomic E-state index is 10.9. The molecular formula is C6H8Cl2O. The summed E-state index contributed by atoms with van der Waals surface area (Å²) in [6.07, 6.45) is 2.57. The van der Waals surface area contributed by atoms with Crippen molar-refractivity contribution in [3.05, 3.63) is 0 Å². The van der Waals surface area contributed by atoms with Crippen molar-refractivity contribution in [2.24, 2.45) is 0 Å². The summed E-state index contributed by atoms with van der Waals surface area (Å²) in [6, 6.07) is 0. The van der Waals surface area contributed by atoms with E-state index in [1.54, 1.807) is 0 Å². The third-order valence-corrected chi connectivity index (χ3v) is 2.40. The average Bonchev–Trinajstić information content (AvgIpc) is 1.83. The standard InChI is InChI=1S/C6H8Cl2O/c7-4-2-1-3-5(8)6(4)9/h4-5H,1-3H2. The van der Waals surface area contributed by atoms with Gasteiger partial charge in [0.15, 0.2) is 5.78 Å². The molecule has 1 rings (SSSR count). The summed E-state index contributed by atoms with van der Waals surface area (Å²) in [4.78, 5) is 10.9. The normalized spacial score (nSPS) is 36.9. The minimum absolute atomic E-state index is 0.00424. The number of rotatable bonds is 0. The van der Waals surface area contributed by atoms with Gasteiger partial charge in [-0.25, -0.2) is 0 Å². The summed E-state index contributed by atoms with van der Waals surface area (Å²) in [6.45, 7) is 0. The molecule has 2 unspecified atom stereocenters. The van der Waals surface area contributed by atoms with Crippen LogP contribution < -0.4 is 0 Å². The highest BCUT2D eigenvalue weighted by atomic mass is 35.5. The molecular weight excluding hydrogens is 159 g/mol. The van der Waals surface area contributed by atoms with Crippen LogP contribution in [0.1, 0.15) is 19.3 Å². The Morgan fingerprint density at radius 1 is 1.22 bits per heavy atom. The quantitative estimate of drug-likeness (QED) is 0.504. The van der Waals surface area contributed by atoms with Crippen molar-refractivity contribution in [2.75, 3.05) is 0 Å². The summed E-state index contributed by atoms with van der Waals surface area (Å²) in [7, 11) is 0. The summed E-state index contributed by atoms with van der Waals surface area (Å²) in [5.74, 6) is 0.00424. The highest BCUT2D eigenvalue weighted by Gasteiger charge is 2.27. The molecule has 0 radical (unpaired) electrons. The molecule has 0 N–H and O–H groups in total. The van der Waals surface area contributed by atoms with Gasteiger partial charge in [-0.05, 0) is 19.3 Å². The first-order chi connectivity index (χ1) is 4.22. The first-order valence-corrected chi connectivity index (χ1v) is 3.91. The maximum absolute atomic E-state index is 10.9. The van der Waals surface area contributed by atoms with Gasteiger partial charge in [-0.1, -0.05) is 0 Å². The lowest BCUT2D eigenvalue weighted by molar-refractivity contribution is -0.119. The monoisotopic (exact) mass is 166 g/mol. The SMILES string of the molecule is O=C1C(Cl)CCCC1Cl. The van der Waals surface area contributed by atoms with E-state index in [1.807, 2.05) is 0 Å². The number of hydrogen-bond donors (Lipinski definition) is 0. The van der Waals surface area contributed by atoms with Gasteiger partial charge in [0.05, 0.1) is 10.8 Å². The number of alkyl halides is 2. The minimum Gasteiger partial charge on any atom is -0.296 e. The largest absolute Gasteiger partial charge is 0.296 e. The number of ketones is 1. The first kappa shape index (κ1) is 7.36. The van der Waals surface area contributed by atoms with Crippen molar-refractivity contribution in [3.8, 4) is 0 Å². The van der Waals surface area contributed by atoms with Crippen molar-refractivity contribution >= 4 is 29.0 Å². The zero-order valence-electron chi connectivity index (χ0n) is 4.94. The van der Waals surface area contributed by atoms with Crippen molar-refractivity contribution < 1.29 is 4.79 Å². The van der Waals surface area contributed by atoms with Crippen LogP contribution in [-0.4, -0.2) is 16.5 Å². The molecule has 1 nitrogen and oxygen atoms in total. The van der Waals surface area contributed by atoms with Gasteiger partial charge in [-0.3, -0.25) is 4.79 Å². The predicted octanol–water partition coefficient (Wildman–Crippen LogP) is 1.95. The molecule has 0 amide bonds. The van der Waals surface area contributed by atoms with E-state index in [4.69, 9.17) is 23.2 Å². The van der Waals surface area contributed by atoms with Crippen LogP contribution in [-0.2, 0) is 4.79 Å². The number of carbonyl (C=O) groups is 1. The van der Waals surface area contributed by atoms with E-state index < -0.39 is 0 Å². The Hall–Kier alpha value is 0.250. The Kier molecular flexibility index (Phi) is 2.36. The second kappa shape index (κ2) is 2.89. The Balaban J connectivity index is 2.52. The van der Waals surface area contributed by atoms with E-state index in [0.29, 0.717) is 0 Å². The van der Waals surface area contributed by atoms with Gasteiger partial charge in [0, 0.05) is 0 Å². The van der Waals surface area contributed by atoms with E-state index in [2.05, 4.69) is 0 Å². The van der Waals surface area contributed by atoms with E-state index in [-0.39, 0.29) is 16.5 Å². The zero-order chi connectivity index (χ0) is 6.85. The van der Waals surface area contributed by atoms with Gasteiger partial charge < -0.3 is 0 Å². The lowest BCUT2D eigenvalue weighted by Gasteiger charge is -2.18. The summed E-state index contributed by atoms with van der Waals surface area (Å²) in [5.41, 5.74) is 0. The smallest absolute Gasteiger partial charge is 0.168 e. The molecule has 9 heavy (non-hydrogen) atoms. The van der Waals surface area contributed by atoms with Crippen LogP contribution in [0.25, 0.3) is 0 Å². The van der Waals surface area contributed by atoms with Crippen LogP contribution in [0.15, 0.2) is 0 Å². The van der Waals surface area contributed by atoms with E-state index in [9.17, 15) is 4.79 Å². The van der Waals surface area contributed by atoms with Gasteiger partial charge >= 0.3 is 0 Å². The predicted molar refractivity (Wildman–Crippen MR) is 38.1 cm³/mol. The van der Waals surface area contributed by atoms with Crippen LogP contribution in [0.2, 0.25) is 0 Å². The van der Waals surface area contributed by atoms with Crippen molar-refractivity contribution in [3.63, 3.8) is 0 Å². The summed E-state index contributed by atoms with van der Waals surface area (Å²) < 4.78 is 0. The van der Waals surface area contributed by atoms with E-state index in [0.717, 1.165) is 19.3 Å². The highest BCUT2D eigenvalue weighted by molar-refractivity contribution is 6.40. The van der Waals surface area contributed by atoms with Gasteiger partial charge in [-0.2, -0.15) is 0 Å². The van der Waals surface area contributed by atoms with Crippen molar-refractivity contribution in [2.45, 2.75) is 30.0 Å². The van der Waals surface area contributed by atoms with Crippen molar-refractivity contribution in [1.82, 2.24) is 0 Å². The molecule has 1 aliphatic carbocycles. The van der Waals surface area contributed by atoms with Crippen LogP contribution in [0.4, 0.5) is 0 Å². The van der Waals surface area contributed by atoms with Gasteiger partial charge in [0.1, 0.15) is 0 Å². The van der Waals surface area contributed by atoms with Crippen LogP contribution in [0.5, 0.6) is 0 Å². The highest BCUT2D eigenvalue weighted by Crippen LogP contribution is 2.23. The maximum Gasteiger partial charge on any atom is 0.168 e. The number of halogens is 2. The van der Waals surface area contributed by atoms with Gasteiger partial charge in [-0.15, -0.1) is 23.2 Å². The lowest BCUT2D eigenvalue weighted by Crippen LogP contribution is -2.29. The van der Waals surface area contributed by atoms with Crippen LogP contribution in [0.3, 0.4) is 0 Å². The van der Waals surface area contributed by atoms with Gasteiger partial charge in [0.2, 0.25) is 0 Å². The van der Waals surface area contributed by atoms with E-state index >= 15 is 0 Å². The van der Waals surface area contributed by atoms with E-state index in [1.165, 1.54) is 0 Å². The lowest BCUT2D eigenvalue weighted by atomic mass is 9.98. The molecule has 0 bridgehead atoms. The molecule has 2 atom stereocenters. The number of hydrogen-bond acceptors (Lipinski definition) is 1. The minimum atomic E-state index is -0.318. The van der Waals surface area contributed by atoms with Gasteiger partial charge in [0.25, 0.3) is 0 Å². The molecule has 0 spiro atoms. The molecule has 0 saturated heterocycles. The molecule has 0 aromatic carbocycles. The zero-order valence-corrected chi connectivity index (χ0v) is 6.45. The molecule has 52 valence electrons. The van der Waals surface area contributed by atoms with Crippen LogP contribution >= 0.6 is 23.2 Å². The number of Topliss-reactive ketones (excluding diaryl/α,β-unsaturated/α-hetero) is 1. The topological polar surface area (TPSA) is 17.1 Å². The molecule has 1 aliphatic rings. The van der Waals surface area contributed by atoms with Crippen molar-refractivity contribution in [1.29, 1.82) is 0 Å². The first-order valence-electron chi connectivity index (χ1n) is 3.03. The fourth-order valence-electron chi connectivity index (χ4n) is 0.957. The molecule has 0 aromatic rings. The molecule has 1 saturated carbocycles. The Bertz CT molecular complexity index is 112. The second-order valence-electron chi connectivity index (χ2n) is 2.27. The Morgan fingerprint density at radius 3 is 2.00 bits per heavy atom. The third kappa shape index (κ3) is 1.59. The summed E-state index contributed by atoms with van der Waals surface area (Å²) in [5, 5.41) is -0.637. The molecule has 0 aliphatic heterocycles. The molecule has 0 aromatic heterocycles. The Labute approximate surface area is 64.3 Å². The Morgan fingerprint density at radius 2 is 1.67 bits per heavy atom. The van der Waals surface area contributed by atoms with Crippen LogP contribution in [0, 0.1) is 0 Å². The molecule has 0 heterocycles. The average molecular weight is 167 g/mol. The second-order valence-corrected chi connectivity index (χ2v) is 3.32. The summed E-state index contributed by atoms with van der Waals surface area (Å²) >= 11 is 11.3. The fourth-order valence-corrected chi connectivity index (χ4v) is 1.63. The molecule has 1 fully saturated rings. The third-order valence-electron chi connectivity index (χ3n) is 1.53. The number of carbonyl (C=O) groups excluding carboxylic acids is 1. The fraction of sp³-hybridized carbons (Fsp3) is 0.833. The molecule has 3 heteroatoms.